The standard InChI is InChI=1S/C26H23NO4/c1-17-3-5-18(6-4-17)13-24-25(28)21-11-12-23-22(26(21)31-24)15-27(16-30-23)14-19-7-9-20(29-2)10-8-19/h3-13H,14-16H2,1-2H3/b24-13-. The minimum Gasteiger partial charge on any atom is -0.497 e. The van der Waals surface area contributed by atoms with Gasteiger partial charge >= 0.3 is 0 Å². The summed E-state index contributed by atoms with van der Waals surface area (Å²) in [5.74, 6) is 2.47. The van der Waals surface area contributed by atoms with E-state index in [2.05, 4.69) is 4.90 Å². The van der Waals surface area contributed by atoms with Crippen molar-refractivity contribution in [1.29, 1.82) is 0 Å². The smallest absolute Gasteiger partial charge is 0.231 e. The fraction of sp³-hybridized carbons (Fsp3) is 0.192. The van der Waals surface area contributed by atoms with Gasteiger partial charge in [-0.2, -0.15) is 0 Å². The molecule has 156 valence electrons. The molecule has 5 nitrogen and oxygen atoms in total. The lowest BCUT2D eigenvalue weighted by Gasteiger charge is -2.29. The van der Waals surface area contributed by atoms with Gasteiger partial charge < -0.3 is 14.2 Å². The molecule has 0 N–H and O–H groups in total. The van der Waals surface area contributed by atoms with Crippen LogP contribution in [0.1, 0.15) is 32.6 Å². The van der Waals surface area contributed by atoms with E-state index in [1.54, 1.807) is 19.3 Å². The summed E-state index contributed by atoms with van der Waals surface area (Å²) in [5, 5.41) is 0. The maximum absolute atomic E-state index is 12.9. The highest BCUT2D eigenvalue weighted by Crippen LogP contribution is 2.42. The van der Waals surface area contributed by atoms with Gasteiger partial charge in [-0.25, -0.2) is 0 Å². The first-order chi connectivity index (χ1) is 15.1. The number of allylic oxidation sites excluding steroid dienone is 1. The van der Waals surface area contributed by atoms with E-state index in [4.69, 9.17) is 14.2 Å². The van der Waals surface area contributed by atoms with E-state index in [0.717, 1.165) is 34.7 Å². The fourth-order valence-electron chi connectivity index (χ4n) is 3.91. The molecule has 31 heavy (non-hydrogen) atoms. The summed E-state index contributed by atoms with van der Waals surface area (Å²) in [6.07, 6.45) is 1.80. The number of Topliss-reactive ketones (excluding diaryl/α,β-unsaturated/α-hetero) is 1. The second-order valence-corrected chi connectivity index (χ2v) is 7.88. The van der Waals surface area contributed by atoms with E-state index in [9.17, 15) is 4.79 Å². The molecule has 0 saturated heterocycles. The normalized spacial score (nSPS) is 16.5. The Hall–Kier alpha value is -3.57. The molecule has 2 heterocycles. The molecule has 0 amide bonds. The van der Waals surface area contributed by atoms with E-state index < -0.39 is 0 Å². The van der Waals surface area contributed by atoms with Crippen LogP contribution >= 0.6 is 0 Å². The monoisotopic (exact) mass is 413 g/mol. The lowest BCUT2D eigenvalue weighted by molar-refractivity contribution is 0.0872. The van der Waals surface area contributed by atoms with Gasteiger partial charge in [-0.1, -0.05) is 42.0 Å². The van der Waals surface area contributed by atoms with Crippen molar-refractivity contribution in [3.63, 3.8) is 0 Å². The Labute approximate surface area is 181 Å². The number of ether oxygens (including phenoxy) is 3. The zero-order valence-corrected chi connectivity index (χ0v) is 17.6. The van der Waals surface area contributed by atoms with Gasteiger partial charge in [0.25, 0.3) is 0 Å². The summed E-state index contributed by atoms with van der Waals surface area (Å²) in [4.78, 5) is 15.1. The van der Waals surface area contributed by atoms with Gasteiger partial charge in [0.15, 0.2) is 5.76 Å². The van der Waals surface area contributed by atoms with Crippen molar-refractivity contribution in [2.75, 3.05) is 13.8 Å². The van der Waals surface area contributed by atoms with Crippen LogP contribution in [0.3, 0.4) is 0 Å². The molecule has 0 fully saturated rings. The van der Waals surface area contributed by atoms with E-state index in [0.29, 0.717) is 30.3 Å². The number of ketones is 1. The van der Waals surface area contributed by atoms with Crippen LogP contribution in [0.15, 0.2) is 66.4 Å². The topological polar surface area (TPSA) is 48.0 Å². The van der Waals surface area contributed by atoms with Crippen molar-refractivity contribution in [3.8, 4) is 17.2 Å². The molecule has 0 bridgehead atoms. The number of hydrogen-bond acceptors (Lipinski definition) is 5. The number of aryl methyl sites for hydroxylation is 1. The first-order valence-electron chi connectivity index (χ1n) is 10.3. The van der Waals surface area contributed by atoms with E-state index in [1.807, 2.05) is 61.5 Å². The summed E-state index contributed by atoms with van der Waals surface area (Å²) in [6, 6.07) is 19.7. The second-order valence-electron chi connectivity index (χ2n) is 7.88. The molecule has 0 atom stereocenters. The van der Waals surface area contributed by atoms with Crippen molar-refractivity contribution in [2.45, 2.75) is 20.0 Å². The van der Waals surface area contributed by atoms with E-state index >= 15 is 0 Å². The van der Waals surface area contributed by atoms with Crippen molar-refractivity contribution in [2.24, 2.45) is 0 Å². The van der Waals surface area contributed by atoms with Crippen molar-refractivity contribution in [3.05, 3.63) is 94.2 Å². The molecule has 2 aliphatic heterocycles. The lowest BCUT2D eigenvalue weighted by Crippen LogP contribution is -2.31. The van der Waals surface area contributed by atoms with E-state index in [-0.39, 0.29) is 5.78 Å². The van der Waals surface area contributed by atoms with Gasteiger partial charge in [0.1, 0.15) is 24.0 Å². The second kappa shape index (κ2) is 7.93. The molecular weight excluding hydrogens is 390 g/mol. The van der Waals surface area contributed by atoms with Crippen LogP contribution in [0.2, 0.25) is 0 Å². The largest absolute Gasteiger partial charge is 0.497 e. The molecule has 0 radical (unpaired) electrons. The van der Waals surface area contributed by atoms with Crippen LogP contribution < -0.4 is 14.2 Å². The van der Waals surface area contributed by atoms with Gasteiger partial charge in [0, 0.05) is 13.1 Å². The third-order valence-corrected chi connectivity index (χ3v) is 5.62. The van der Waals surface area contributed by atoms with Gasteiger partial charge in [0.2, 0.25) is 5.78 Å². The van der Waals surface area contributed by atoms with E-state index in [1.165, 1.54) is 5.56 Å². The Balaban J connectivity index is 1.39. The summed E-state index contributed by atoms with van der Waals surface area (Å²) in [6.45, 7) is 3.90. The average Bonchev–Trinajstić information content (AvgIpc) is 3.11. The van der Waals surface area contributed by atoms with Crippen molar-refractivity contribution >= 4 is 11.9 Å². The number of rotatable bonds is 4. The highest BCUT2D eigenvalue weighted by atomic mass is 16.5. The van der Waals surface area contributed by atoms with Gasteiger partial charge in [-0.15, -0.1) is 0 Å². The fourth-order valence-corrected chi connectivity index (χ4v) is 3.91. The van der Waals surface area contributed by atoms with Crippen LogP contribution in [0, 0.1) is 6.92 Å². The van der Waals surface area contributed by atoms with Gasteiger partial charge in [0.05, 0.1) is 18.2 Å². The Bertz CT molecular complexity index is 1160. The number of fused-ring (bicyclic) bond motifs is 3. The number of benzene rings is 3. The molecular formula is C26H23NO4. The Morgan fingerprint density at radius 2 is 1.81 bits per heavy atom. The molecule has 0 aliphatic carbocycles. The number of hydrogen-bond donors (Lipinski definition) is 0. The average molecular weight is 413 g/mol. The highest BCUT2D eigenvalue weighted by Gasteiger charge is 2.33. The molecule has 0 aromatic heterocycles. The first kappa shape index (κ1) is 19.4. The predicted octanol–water partition coefficient (Wildman–Crippen LogP) is 4.97. The predicted molar refractivity (Wildman–Crippen MR) is 118 cm³/mol. The lowest BCUT2D eigenvalue weighted by atomic mass is 10.0. The highest BCUT2D eigenvalue weighted by molar-refractivity contribution is 6.15. The SMILES string of the molecule is COc1ccc(CN2COc3ccc4c(c3C2)O/C(=C\c2ccc(C)cc2)C4=O)cc1. The van der Waals surface area contributed by atoms with Crippen molar-refractivity contribution in [1.82, 2.24) is 4.90 Å². The molecule has 2 aliphatic rings. The zero-order chi connectivity index (χ0) is 21.4. The molecule has 0 spiro atoms. The maximum Gasteiger partial charge on any atom is 0.231 e. The summed E-state index contributed by atoms with van der Waals surface area (Å²) < 4.78 is 17.3. The van der Waals surface area contributed by atoms with Crippen LogP contribution in [-0.2, 0) is 13.1 Å². The minimum absolute atomic E-state index is 0.0920. The molecule has 3 aromatic carbocycles. The van der Waals surface area contributed by atoms with Gasteiger partial charge in [-0.3, -0.25) is 9.69 Å². The zero-order valence-electron chi connectivity index (χ0n) is 17.6. The Kier molecular flexibility index (Phi) is 4.96. The number of carbonyl (C=O) groups excluding carboxylic acids is 1. The molecule has 5 rings (SSSR count). The third kappa shape index (κ3) is 3.80. The quantitative estimate of drug-likeness (QED) is 0.565. The molecule has 5 heteroatoms. The summed E-state index contributed by atoms with van der Waals surface area (Å²) >= 11 is 0. The third-order valence-electron chi connectivity index (χ3n) is 5.62. The minimum atomic E-state index is -0.0920. The van der Waals surface area contributed by atoms with Gasteiger partial charge in [-0.05, 0) is 48.4 Å². The number of nitrogens with zero attached hydrogens (tertiary/aromatic N) is 1. The maximum atomic E-state index is 12.9. The number of carbonyl (C=O) groups is 1. The molecule has 3 aromatic rings. The Morgan fingerprint density at radius 1 is 1.03 bits per heavy atom. The molecule has 0 saturated carbocycles. The van der Waals surface area contributed by atoms with Crippen LogP contribution in [0.25, 0.3) is 6.08 Å². The number of methoxy groups -OCH3 is 1. The van der Waals surface area contributed by atoms with Crippen molar-refractivity contribution < 1.29 is 19.0 Å². The van der Waals surface area contributed by atoms with Crippen LogP contribution in [-0.4, -0.2) is 24.5 Å². The summed E-state index contributed by atoms with van der Waals surface area (Å²) in [5.41, 5.74) is 4.78. The first-order valence-corrected chi connectivity index (χ1v) is 10.3. The van der Waals surface area contributed by atoms with Crippen LogP contribution in [0.5, 0.6) is 17.2 Å². The molecule has 0 unspecified atom stereocenters. The Morgan fingerprint density at radius 3 is 2.55 bits per heavy atom. The van der Waals surface area contributed by atoms with Crippen LogP contribution in [0.4, 0.5) is 0 Å². The summed E-state index contributed by atoms with van der Waals surface area (Å²) in [7, 11) is 1.66.